The molecule has 198 valence electrons. The average Bonchev–Trinajstić information content (AvgIpc) is 3.21. The predicted molar refractivity (Wildman–Crippen MR) is 134 cm³/mol. The van der Waals surface area contributed by atoms with Crippen LogP contribution in [-0.2, 0) is 11.3 Å². The number of benzene rings is 2. The minimum atomic E-state index is -1.30. The molecule has 14 heteroatoms. The molecule has 37 heavy (non-hydrogen) atoms. The molecule has 1 aromatic heterocycles. The number of carbonyl (C=O) groups is 2. The van der Waals surface area contributed by atoms with Crippen molar-refractivity contribution in [2.75, 3.05) is 25.0 Å². The first kappa shape index (κ1) is 28.3. The van der Waals surface area contributed by atoms with Gasteiger partial charge in [0.1, 0.15) is 11.4 Å². The molecule has 0 bridgehead atoms. The molecule has 1 amide bonds. The summed E-state index contributed by atoms with van der Waals surface area (Å²) in [5.41, 5.74) is -1.96. The van der Waals surface area contributed by atoms with Gasteiger partial charge in [0.05, 0.1) is 36.6 Å². The maximum atomic E-state index is 14.6. The largest absolute Gasteiger partial charge is 0.481 e. The van der Waals surface area contributed by atoms with E-state index in [0.717, 1.165) is 19.1 Å². The smallest absolute Gasteiger partial charge is 0.300 e. The van der Waals surface area contributed by atoms with E-state index in [0.29, 0.717) is 15.4 Å². The molecule has 1 aliphatic rings. The molecule has 1 fully saturated rings. The number of hydrogen-bond donors (Lipinski definition) is 4. The van der Waals surface area contributed by atoms with E-state index in [-0.39, 0.29) is 37.4 Å². The fourth-order valence-corrected chi connectivity index (χ4v) is 3.93. The summed E-state index contributed by atoms with van der Waals surface area (Å²) in [4.78, 5) is 23.3. The van der Waals surface area contributed by atoms with E-state index in [9.17, 15) is 23.1 Å². The lowest BCUT2D eigenvalue weighted by atomic mass is 9.92. The summed E-state index contributed by atoms with van der Waals surface area (Å²) in [5, 5.41) is 31.0. The minimum absolute atomic E-state index is 0.0297. The molecule has 0 saturated carbocycles. The van der Waals surface area contributed by atoms with Crippen molar-refractivity contribution >= 4 is 45.8 Å². The molecular weight excluding hydrogens is 610 g/mol. The van der Waals surface area contributed by atoms with E-state index in [1.807, 2.05) is 22.6 Å². The third kappa shape index (κ3) is 7.39. The van der Waals surface area contributed by atoms with Gasteiger partial charge in [-0.3, -0.25) is 9.59 Å². The highest BCUT2D eigenvalue weighted by Crippen LogP contribution is 2.31. The van der Waals surface area contributed by atoms with E-state index in [2.05, 4.69) is 20.8 Å². The second-order valence-corrected chi connectivity index (χ2v) is 9.50. The van der Waals surface area contributed by atoms with Gasteiger partial charge in [-0.15, -0.1) is 10.2 Å². The summed E-state index contributed by atoms with van der Waals surface area (Å²) in [6, 6.07) is 6.14. The van der Waals surface area contributed by atoms with Crippen LogP contribution < -0.4 is 10.6 Å². The Kier molecular flexibility index (Phi) is 9.09. The minimum Gasteiger partial charge on any atom is -0.481 e. The van der Waals surface area contributed by atoms with Crippen LogP contribution in [0.15, 0.2) is 34.7 Å². The van der Waals surface area contributed by atoms with E-state index in [1.165, 1.54) is 17.0 Å². The maximum Gasteiger partial charge on any atom is 0.300 e. The van der Waals surface area contributed by atoms with Gasteiger partial charge in [0.15, 0.2) is 11.6 Å². The van der Waals surface area contributed by atoms with Crippen LogP contribution in [0.25, 0.3) is 0 Å². The molecule has 3 aromatic rings. The van der Waals surface area contributed by atoms with Crippen LogP contribution in [-0.4, -0.2) is 62.4 Å². The van der Waals surface area contributed by atoms with Gasteiger partial charge in [-0.2, -0.15) is 0 Å². The topological polar surface area (TPSA) is 141 Å². The summed E-state index contributed by atoms with van der Waals surface area (Å²) >= 11 is 1.92. The lowest BCUT2D eigenvalue weighted by molar-refractivity contribution is -0.134. The number of aliphatic carboxylic acids is 1. The molecule has 1 aliphatic heterocycles. The first-order chi connectivity index (χ1) is 17.4. The van der Waals surface area contributed by atoms with Crippen LogP contribution in [0.2, 0.25) is 0 Å². The number of carboxylic acid groups (broad SMARTS) is 1. The predicted octanol–water partition coefficient (Wildman–Crippen LogP) is 3.21. The molecule has 2 heterocycles. The number of hydrogen-bond acceptors (Lipinski definition) is 8. The first-order valence-electron chi connectivity index (χ1n) is 10.8. The number of amides is 1. The highest BCUT2D eigenvalue weighted by atomic mass is 127. The van der Waals surface area contributed by atoms with E-state index < -0.39 is 40.6 Å². The van der Waals surface area contributed by atoms with Gasteiger partial charge in [-0.1, -0.05) is 0 Å². The standard InChI is InChI=1S/C21H19F3IN5O3.C2H4O2/c1-11-28-29-17(33-11)7-26-8-21(32)9-30(10-21)20(31)13-3-4-14(22)18(24)19(13)27-16-5-2-12(25)6-15(16)23;1-2(3)4/h2-6,26-27,32H,7-10H2,1H3;1H3,(H,3,4). The molecule has 1 saturated heterocycles. The molecule has 10 nitrogen and oxygen atoms in total. The maximum absolute atomic E-state index is 14.6. The Bertz CT molecular complexity index is 1300. The zero-order chi connectivity index (χ0) is 27.3. The van der Waals surface area contributed by atoms with Crippen LogP contribution in [0, 0.1) is 27.9 Å². The number of aromatic nitrogens is 2. The fourth-order valence-electron chi connectivity index (χ4n) is 3.48. The Morgan fingerprint density at radius 3 is 2.43 bits per heavy atom. The van der Waals surface area contributed by atoms with Crippen molar-refractivity contribution in [1.82, 2.24) is 20.4 Å². The second-order valence-electron chi connectivity index (χ2n) is 8.26. The van der Waals surface area contributed by atoms with Crippen LogP contribution >= 0.6 is 22.6 Å². The fraction of sp³-hybridized carbons (Fsp3) is 0.304. The highest BCUT2D eigenvalue weighted by Gasteiger charge is 2.44. The van der Waals surface area contributed by atoms with Gasteiger partial charge in [-0.05, 0) is 52.9 Å². The molecule has 0 unspecified atom stereocenters. The number of nitrogens with one attached hydrogen (secondary N) is 2. The SMILES string of the molecule is CC(=O)O.Cc1nnc(CNCC2(O)CN(C(=O)c3ccc(F)c(F)c3Nc3ccc(I)cc3F)C2)o1. The molecule has 0 spiro atoms. The van der Waals surface area contributed by atoms with Crippen molar-refractivity contribution in [3.8, 4) is 0 Å². The number of carboxylic acids is 1. The van der Waals surface area contributed by atoms with Crippen LogP contribution in [0.1, 0.15) is 29.1 Å². The Hall–Kier alpha value is -3.24. The molecule has 0 aliphatic carbocycles. The van der Waals surface area contributed by atoms with Gasteiger partial charge in [0.25, 0.3) is 11.9 Å². The van der Waals surface area contributed by atoms with Crippen LogP contribution in [0.5, 0.6) is 0 Å². The van der Waals surface area contributed by atoms with E-state index in [1.54, 1.807) is 13.0 Å². The molecule has 4 rings (SSSR count). The Balaban J connectivity index is 0.000000886. The third-order valence-corrected chi connectivity index (χ3v) is 5.74. The number of rotatable bonds is 7. The van der Waals surface area contributed by atoms with Crippen molar-refractivity contribution in [3.63, 3.8) is 0 Å². The summed E-state index contributed by atoms with van der Waals surface area (Å²) in [7, 11) is 0. The summed E-state index contributed by atoms with van der Waals surface area (Å²) in [6.45, 7) is 3.08. The molecular formula is C23H23F3IN5O5. The highest BCUT2D eigenvalue weighted by molar-refractivity contribution is 14.1. The lowest BCUT2D eigenvalue weighted by Crippen LogP contribution is -2.67. The number of likely N-dealkylation sites (tertiary alicyclic amines) is 1. The van der Waals surface area contributed by atoms with E-state index >= 15 is 0 Å². The second kappa shape index (κ2) is 11.9. The first-order valence-corrected chi connectivity index (χ1v) is 11.9. The number of nitrogens with zero attached hydrogens (tertiary/aromatic N) is 3. The summed E-state index contributed by atoms with van der Waals surface area (Å²) in [6.07, 6.45) is 0. The number of β-amino-alcohol motifs (C(OH)–C–C–N with tert-alkyl or cyclic N) is 1. The monoisotopic (exact) mass is 633 g/mol. The van der Waals surface area contributed by atoms with Crippen molar-refractivity contribution in [3.05, 3.63) is 68.7 Å². The molecule has 0 radical (unpaired) electrons. The van der Waals surface area contributed by atoms with Crippen molar-refractivity contribution in [2.45, 2.75) is 26.0 Å². The Morgan fingerprint density at radius 1 is 1.16 bits per heavy atom. The number of carbonyl (C=O) groups excluding carboxylic acids is 1. The van der Waals surface area contributed by atoms with Crippen LogP contribution in [0.4, 0.5) is 24.5 Å². The Morgan fingerprint density at radius 2 is 1.84 bits per heavy atom. The lowest BCUT2D eigenvalue weighted by Gasteiger charge is -2.46. The molecule has 4 N–H and O–H groups in total. The van der Waals surface area contributed by atoms with Gasteiger partial charge in [0.2, 0.25) is 11.8 Å². The summed E-state index contributed by atoms with van der Waals surface area (Å²) < 4.78 is 48.6. The zero-order valence-corrected chi connectivity index (χ0v) is 21.8. The van der Waals surface area contributed by atoms with Gasteiger partial charge in [-0.25, -0.2) is 13.2 Å². The Labute approximate surface area is 223 Å². The van der Waals surface area contributed by atoms with Gasteiger partial charge >= 0.3 is 0 Å². The number of aliphatic hydroxyl groups is 1. The third-order valence-electron chi connectivity index (χ3n) is 5.07. The van der Waals surface area contributed by atoms with E-state index in [4.69, 9.17) is 14.3 Å². The molecule has 0 atom stereocenters. The normalized spacial score (nSPS) is 13.9. The summed E-state index contributed by atoms with van der Waals surface area (Å²) in [5.74, 6) is -3.83. The average molecular weight is 633 g/mol. The van der Waals surface area contributed by atoms with Crippen LogP contribution in [0.3, 0.4) is 0 Å². The van der Waals surface area contributed by atoms with Crippen molar-refractivity contribution in [1.29, 1.82) is 0 Å². The van der Waals surface area contributed by atoms with Crippen molar-refractivity contribution in [2.24, 2.45) is 0 Å². The number of anilines is 2. The number of halogens is 4. The number of aryl methyl sites for hydroxylation is 1. The zero-order valence-electron chi connectivity index (χ0n) is 19.7. The van der Waals surface area contributed by atoms with Gasteiger partial charge in [0, 0.05) is 24.0 Å². The quantitative estimate of drug-likeness (QED) is 0.289. The van der Waals surface area contributed by atoms with Crippen molar-refractivity contribution < 1.29 is 37.4 Å². The van der Waals surface area contributed by atoms with Gasteiger partial charge < -0.3 is 30.2 Å². The molecule has 2 aromatic carbocycles.